The first-order valence-electron chi connectivity index (χ1n) is 6.75. The minimum Gasteiger partial charge on any atom is -0.480 e. The molecule has 1 amide bonds. The predicted molar refractivity (Wildman–Crippen MR) is 84.0 cm³/mol. The molecule has 0 spiro atoms. The summed E-state index contributed by atoms with van der Waals surface area (Å²) in [5, 5.41) is 9.04. The van der Waals surface area contributed by atoms with E-state index in [9.17, 15) is 18.0 Å². The van der Waals surface area contributed by atoms with Gasteiger partial charge in [0.25, 0.3) is 0 Å². The quantitative estimate of drug-likeness (QED) is 0.822. The number of halogens is 1. The van der Waals surface area contributed by atoms with Crippen LogP contribution in [0.2, 0.25) is 0 Å². The number of carboxylic acid groups (broad SMARTS) is 1. The molecule has 1 aromatic carbocycles. The van der Waals surface area contributed by atoms with Gasteiger partial charge in [-0.2, -0.15) is 0 Å². The van der Waals surface area contributed by atoms with Crippen LogP contribution in [0, 0.1) is 0 Å². The third-order valence-electron chi connectivity index (χ3n) is 3.50. The molecule has 1 N–H and O–H groups in total. The van der Waals surface area contributed by atoms with E-state index in [2.05, 4.69) is 15.9 Å². The number of sulfone groups is 1. The molecule has 0 unspecified atom stereocenters. The minimum absolute atomic E-state index is 0.238. The van der Waals surface area contributed by atoms with Crippen molar-refractivity contribution in [1.82, 2.24) is 4.90 Å². The fourth-order valence-electron chi connectivity index (χ4n) is 2.48. The number of carbonyl (C=O) groups is 2. The third-order valence-corrected chi connectivity index (χ3v) is 5.49. The van der Waals surface area contributed by atoms with Crippen LogP contribution < -0.4 is 0 Å². The highest BCUT2D eigenvalue weighted by Crippen LogP contribution is 2.19. The Morgan fingerprint density at radius 3 is 2.50 bits per heavy atom. The molecule has 6 nitrogen and oxygen atoms in total. The molecule has 2 rings (SSSR count). The number of likely N-dealkylation sites (tertiary alicyclic amines) is 1. The van der Waals surface area contributed by atoms with E-state index < -0.39 is 33.5 Å². The zero-order valence-corrected chi connectivity index (χ0v) is 14.1. The fourth-order valence-corrected chi connectivity index (χ4v) is 4.09. The zero-order chi connectivity index (χ0) is 16.3. The molecule has 0 aromatic heterocycles. The van der Waals surface area contributed by atoms with Gasteiger partial charge in [0.1, 0.15) is 11.8 Å². The maximum atomic E-state index is 12.1. The van der Waals surface area contributed by atoms with Crippen LogP contribution in [0.3, 0.4) is 0 Å². The minimum atomic E-state index is -3.63. The molecule has 0 radical (unpaired) electrons. The summed E-state index contributed by atoms with van der Waals surface area (Å²) in [5.41, 5.74) is 0.590. The first-order chi connectivity index (χ1) is 10.3. The largest absolute Gasteiger partial charge is 0.480 e. The van der Waals surface area contributed by atoms with Crippen LogP contribution in [0.1, 0.15) is 18.4 Å². The highest BCUT2D eigenvalue weighted by Gasteiger charge is 2.35. The standard InChI is InChI=1S/C14H16BrNO5S/c15-11-5-3-10(4-6-11)8-22(20,21)9-13(17)16-7-1-2-12(16)14(18)19/h3-6,12H,1-2,7-9H2,(H,18,19)/t12-/m1/s1. The van der Waals surface area contributed by atoms with Crippen molar-refractivity contribution in [3.63, 3.8) is 0 Å². The van der Waals surface area contributed by atoms with Crippen molar-refractivity contribution in [3.05, 3.63) is 34.3 Å². The first-order valence-corrected chi connectivity index (χ1v) is 9.37. The lowest BCUT2D eigenvalue weighted by molar-refractivity contribution is -0.147. The Labute approximate surface area is 137 Å². The van der Waals surface area contributed by atoms with Gasteiger partial charge in [0.15, 0.2) is 9.84 Å². The first kappa shape index (κ1) is 17.0. The molecule has 1 heterocycles. The molecule has 1 fully saturated rings. The summed E-state index contributed by atoms with van der Waals surface area (Å²) in [6, 6.07) is 5.89. The topological polar surface area (TPSA) is 91.8 Å². The molecule has 1 aliphatic heterocycles. The number of carbonyl (C=O) groups excluding carboxylic acids is 1. The molecule has 1 saturated heterocycles. The van der Waals surface area contributed by atoms with E-state index in [4.69, 9.17) is 5.11 Å². The van der Waals surface area contributed by atoms with E-state index >= 15 is 0 Å². The van der Waals surface area contributed by atoms with Crippen molar-refractivity contribution in [2.24, 2.45) is 0 Å². The van der Waals surface area contributed by atoms with Gasteiger partial charge in [-0.3, -0.25) is 4.79 Å². The van der Waals surface area contributed by atoms with E-state index in [0.29, 0.717) is 24.9 Å². The summed E-state index contributed by atoms with van der Waals surface area (Å²) in [6.45, 7) is 0.295. The molecule has 0 saturated carbocycles. The fraction of sp³-hybridized carbons (Fsp3) is 0.429. The Bertz CT molecular complexity index is 671. The van der Waals surface area contributed by atoms with Crippen molar-refractivity contribution in [2.75, 3.05) is 12.3 Å². The summed E-state index contributed by atoms with van der Waals surface area (Å²) in [4.78, 5) is 24.3. The van der Waals surface area contributed by atoms with Crippen molar-refractivity contribution in [1.29, 1.82) is 0 Å². The number of carboxylic acids is 1. The summed E-state index contributed by atoms with van der Waals surface area (Å²) >= 11 is 3.26. The van der Waals surface area contributed by atoms with Crippen molar-refractivity contribution < 1.29 is 23.1 Å². The molecule has 0 aliphatic carbocycles. The van der Waals surface area contributed by atoms with Crippen molar-refractivity contribution in [3.8, 4) is 0 Å². The van der Waals surface area contributed by atoms with E-state index in [-0.39, 0.29) is 5.75 Å². The maximum absolute atomic E-state index is 12.1. The lowest BCUT2D eigenvalue weighted by atomic mass is 10.2. The highest BCUT2D eigenvalue weighted by molar-refractivity contribution is 9.10. The smallest absolute Gasteiger partial charge is 0.326 e. The maximum Gasteiger partial charge on any atom is 0.326 e. The molecule has 120 valence electrons. The van der Waals surface area contributed by atoms with Gasteiger partial charge >= 0.3 is 5.97 Å². The van der Waals surface area contributed by atoms with Crippen LogP contribution in [-0.4, -0.2) is 48.6 Å². The van der Waals surface area contributed by atoms with Gasteiger partial charge in [0.05, 0.1) is 5.75 Å². The van der Waals surface area contributed by atoms with E-state index in [0.717, 1.165) is 9.37 Å². The molecule has 1 aliphatic rings. The number of nitrogens with zero attached hydrogens (tertiary/aromatic N) is 1. The Hall–Kier alpha value is -1.41. The summed E-state index contributed by atoms with van der Waals surface area (Å²) in [5.74, 6) is -2.62. The number of benzene rings is 1. The Balaban J connectivity index is 2.03. The molecule has 1 atom stereocenters. The third kappa shape index (κ3) is 4.30. The SMILES string of the molecule is O=C(O)[C@H]1CCCN1C(=O)CS(=O)(=O)Cc1ccc(Br)cc1. The van der Waals surface area contributed by atoms with E-state index in [1.165, 1.54) is 0 Å². The average Bonchev–Trinajstić information content (AvgIpc) is 2.90. The van der Waals surface area contributed by atoms with E-state index in [1.807, 2.05) is 0 Å². The van der Waals surface area contributed by atoms with Gasteiger partial charge in [-0.05, 0) is 30.5 Å². The number of rotatable bonds is 5. The van der Waals surface area contributed by atoms with Crippen LogP contribution in [0.4, 0.5) is 0 Å². The van der Waals surface area contributed by atoms with Crippen LogP contribution in [0.25, 0.3) is 0 Å². The van der Waals surface area contributed by atoms with Gasteiger partial charge in [-0.1, -0.05) is 28.1 Å². The molecule has 8 heteroatoms. The van der Waals surface area contributed by atoms with Crippen LogP contribution >= 0.6 is 15.9 Å². The number of hydrogen-bond acceptors (Lipinski definition) is 4. The second-order valence-electron chi connectivity index (χ2n) is 5.24. The number of amides is 1. The van der Waals surface area contributed by atoms with Crippen LogP contribution in [0.15, 0.2) is 28.7 Å². The van der Waals surface area contributed by atoms with Crippen LogP contribution in [-0.2, 0) is 25.2 Å². The highest BCUT2D eigenvalue weighted by atomic mass is 79.9. The number of aliphatic carboxylic acids is 1. The van der Waals surface area contributed by atoms with Crippen molar-refractivity contribution >= 4 is 37.6 Å². The van der Waals surface area contributed by atoms with Gasteiger partial charge in [0.2, 0.25) is 5.91 Å². The molecule has 22 heavy (non-hydrogen) atoms. The van der Waals surface area contributed by atoms with E-state index in [1.54, 1.807) is 24.3 Å². The number of hydrogen-bond donors (Lipinski definition) is 1. The Kier molecular flexibility index (Phi) is 5.23. The van der Waals surface area contributed by atoms with Gasteiger partial charge < -0.3 is 10.0 Å². The normalized spacial score (nSPS) is 18.4. The Morgan fingerprint density at radius 2 is 1.91 bits per heavy atom. The van der Waals surface area contributed by atoms with Gasteiger partial charge in [-0.25, -0.2) is 13.2 Å². The van der Waals surface area contributed by atoms with Gasteiger partial charge in [-0.15, -0.1) is 0 Å². The Morgan fingerprint density at radius 1 is 1.27 bits per heavy atom. The van der Waals surface area contributed by atoms with Gasteiger partial charge in [0, 0.05) is 11.0 Å². The molecular weight excluding hydrogens is 374 g/mol. The van der Waals surface area contributed by atoms with Crippen LogP contribution in [0.5, 0.6) is 0 Å². The summed E-state index contributed by atoms with van der Waals surface area (Å²) in [6.07, 6.45) is 0.948. The van der Waals surface area contributed by atoms with Crippen molar-refractivity contribution in [2.45, 2.75) is 24.6 Å². The second-order valence-corrected chi connectivity index (χ2v) is 8.22. The summed E-state index contributed by atoms with van der Waals surface area (Å²) in [7, 11) is -3.63. The lowest BCUT2D eigenvalue weighted by Gasteiger charge is -2.21. The zero-order valence-electron chi connectivity index (χ0n) is 11.7. The monoisotopic (exact) mass is 389 g/mol. The molecule has 1 aromatic rings. The molecular formula is C14H16BrNO5S. The predicted octanol–water partition coefficient (Wildman–Crippen LogP) is 1.44. The average molecular weight is 390 g/mol. The second kappa shape index (κ2) is 6.78. The molecule has 0 bridgehead atoms. The lowest BCUT2D eigenvalue weighted by Crippen LogP contribution is -2.43. The summed E-state index contributed by atoms with van der Waals surface area (Å²) < 4.78 is 25.1.